The van der Waals surface area contributed by atoms with E-state index in [4.69, 9.17) is 4.74 Å². The van der Waals surface area contributed by atoms with E-state index in [0.29, 0.717) is 19.6 Å². The minimum Gasteiger partial charge on any atom is -0.390 e. The van der Waals surface area contributed by atoms with Gasteiger partial charge in [0.1, 0.15) is 0 Å². The fourth-order valence-electron chi connectivity index (χ4n) is 3.72. The van der Waals surface area contributed by atoms with Gasteiger partial charge >= 0.3 is 6.18 Å². The van der Waals surface area contributed by atoms with Gasteiger partial charge in [0.15, 0.2) is 0 Å². The minimum absolute atomic E-state index is 0.0880. The Balaban J connectivity index is 1.94. The molecule has 2 aliphatic rings. The summed E-state index contributed by atoms with van der Waals surface area (Å²) in [5.74, 6) is -1.27. The first-order chi connectivity index (χ1) is 9.43. The third-order valence-corrected chi connectivity index (χ3v) is 5.02. The maximum atomic E-state index is 12.7. The van der Waals surface area contributed by atoms with Crippen molar-refractivity contribution in [2.75, 3.05) is 19.6 Å². The Morgan fingerprint density at radius 3 is 2.00 bits per heavy atom. The molecule has 1 N–H and O–H groups in total. The van der Waals surface area contributed by atoms with Crippen LogP contribution >= 0.6 is 0 Å². The summed E-state index contributed by atoms with van der Waals surface area (Å²) in [4.78, 5) is 2.03. The lowest BCUT2D eigenvalue weighted by atomic mass is 9.83. The zero-order valence-corrected chi connectivity index (χ0v) is 13.2. The lowest BCUT2D eigenvalue weighted by molar-refractivity contribution is -0.185. The number of ether oxygens (including phenoxy) is 1. The van der Waals surface area contributed by atoms with Crippen molar-refractivity contribution in [1.82, 2.24) is 4.90 Å². The summed E-state index contributed by atoms with van der Waals surface area (Å²) >= 11 is 0. The highest BCUT2D eigenvalue weighted by Gasteiger charge is 2.53. The molecule has 3 nitrogen and oxygen atoms in total. The van der Waals surface area contributed by atoms with Gasteiger partial charge < -0.3 is 14.7 Å². The summed E-state index contributed by atoms with van der Waals surface area (Å²) in [5.41, 5.74) is -1.08. The third-order valence-electron chi connectivity index (χ3n) is 5.02. The zero-order chi connectivity index (χ0) is 16.1. The first kappa shape index (κ1) is 17.0. The predicted octanol–water partition coefficient (Wildman–Crippen LogP) is 2.83. The lowest BCUT2D eigenvalue weighted by Crippen LogP contribution is -2.47. The fourth-order valence-corrected chi connectivity index (χ4v) is 3.72. The van der Waals surface area contributed by atoms with E-state index >= 15 is 0 Å². The lowest BCUT2D eigenvalue weighted by Gasteiger charge is -2.37. The summed E-state index contributed by atoms with van der Waals surface area (Å²) in [6, 6.07) is 0. The number of aliphatic hydroxyl groups excluding tert-OH is 1. The number of rotatable bonds is 2. The highest BCUT2D eigenvalue weighted by atomic mass is 19.4. The van der Waals surface area contributed by atoms with Gasteiger partial charge in [0, 0.05) is 12.5 Å². The van der Waals surface area contributed by atoms with Gasteiger partial charge in [-0.3, -0.25) is 0 Å². The molecule has 2 fully saturated rings. The van der Waals surface area contributed by atoms with Crippen LogP contribution in [0.2, 0.25) is 0 Å². The summed E-state index contributed by atoms with van der Waals surface area (Å²) in [6.07, 6.45) is -4.38. The molecule has 124 valence electrons. The molecule has 2 aliphatic heterocycles. The number of aliphatic hydroxyl groups is 1. The van der Waals surface area contributed by atoms with E-state index in [1.807, 2.05) is 32.6 Å². The van der Waals surface area contributed by atoms with Crippen molar-refractivity contribution in [3.05, 3.63) is 0 Å². The molecule has 6 heteroatoms. The molecule has 0 aromatic rings. The molecule has 2 saturated heterocycles. The van der Waals surface area contributed by atoms with Crippen molar-refractivity contribution in [1.29, 1.82) is 0 Å². The first-order valence-electron chi connectivity index (χ1n) is 7.61. The van der Waals surface area contributed by atoms with Gasteiger partial charge in [-0.25, -0.2) is 0 Å². The average Bonchev–Trinajstić information content (AvgIpc) is 2.47. The van der Waals surface area contributed by atoms with Crippen molar-refractivity contribution < 1.29 is 23.0 Å². The number of hydrogen-bond acceptors (Lipinski definition) is 3. The maximum absolute atomic E-state index is 12.7. The smallest absolute Gasteiger partial charge is 0.390 e. The number of piperidine rings is 1. The van der Waals surface area contributed by atoms with Gasteiger partial charge in [-0.2, -0.15) is 13.2 Å². The number of halogens is 3. The summed E-state index contributed by atoms with van der Waals surface area (Å²) in [7, 11) is 0. The molecule has 0 aromatic carbocycles. The number of alkyl halides is 3. The normalized spacial score (nSPS) is 34.3. The molecular formula is C15H26F3NO2. The van der Waals surface area contributed by atoms with E-state index in [1.54, 1.807) is 0 Å². The Kier molecular flexibility index (Phi) is 4.37. The van der Waals surface area contributed by atoms with E-state index in [9.17, 15) is 18.3 Å². The molecule has 0 radical (unpaired) electrons. The van der Waals surface area contributed by atoms with Crippen molar-refractivity contribution >= 4 is 0 Å². The highest BCUT2D eigenvalue weighted by molar-refractivity contribution is 5.02. The summed E-state index contributed by atoms with van der Waals surface area (Å²) in [5, 5.41) is 10.4. The standard InChI is InChI=1S/C15H26F3NO2/c1-13(2)11(12(20)14(3,4)21-13)9-19-7-5-10(6-8-19)15(16,17)18/h10-12,20H,5-9H2,1-4H3. The van der Waals surface area contributed by atoms with Gasteiger partial charge in [0.2, 0.25) is 0 Å². The van der Waals surface area contributed by atoms with E-state index in [0.717, 1.165) is 0 Å². The number of likely N-dealkylation sites (tertiary alicyclic amines) is 1. The van der Waals surface area contributed by atoms with Gasteiger partial charge in [-0.05, 0) is 53.6 Å². The van der Waals surface area contributed by atoms with Crippen LogP contribution in [0.4, 0.5) is 13.2 Å². The molecule has 0 saturated carbocycles. The van der Waals surface area contributed by atoms with E-state index < -0.39 is 29.4 Å². The second kappa shape index (κ2) is 5.39. The first-order valence-corrected chi connectivity index (χ1v) is 7.61. The molecule has 0 spiro atoms. The van der Waals surface area contributed by atoms with Crippen LogP contribution in [0.15, 0.2) is 0 Å². The van der Waals surface area contributed by atoms with Crippen LogP contribution in [0.25, 0.3) is 0 Å². The summed E-state index contributed by atoms with van der Waals surface area (Å²) in [6.45, 7) is 9.05. The molecule has 0 aliphatic carbocycles. The molecule has 0 aromatic heterocycles. The molecule has 2 atom stereocenters. The van der Waals surface area contributed by atoms with Crippen LogP contribution < -0.4 is 0 Å². The van der Waals surface area contributed by atoms with Crippen molar-refractivity contribution in [3.8, 4) is 0 Å². The second-order valence-corrected chi connectivity index (χ2v) is 7.48. The van der Waals surface area contributed by atoms with Gasteiger partial charge in [0.05, 0.1) is 23.2 Å². The van der Waals surface area contributed by atoms with E-state index in [2.05, 4.69) is 0 Å². The molecule has 2 rings (SSSR count). The quantitative estimate of drug-likeness (QED) is 0.851. The second-order valence-electron chi connectivity index (χ2n) is 7.48. The van der Waals surface area contributed by atoms with Crippen LogP contribution in [0.5, 0.6) is 0 Å². The molecule has 2 heterocycles. The van der Waals surface area contributed by atoms with Gasteiger partial charge in [0.25, 0.3) is 0 Å². The summed E-state index contributed by atoms with van der Waals surface area (Å²) < 4.78 is 44.0. The molecule has 0 bridgehead atoms. The van der Waals surface area contributed by atoms with Crippen molar-refractivity contribution in [2.45, 2.75) is 64.0 Å². The van der Waals surface area contributed by atoms with Crippen LogP contribution in [-0.2, 0) is 4.74 Å². The molecular weight excluding hydrogens is 283 g/mol. The molecule has 21 heavy (non-hydrogen) atoms. The van der Waals surface area contributed by atoms with Crippen molar-refractivity contribution in [3.63, 3.8) is 0 Å². The Labute approximate surface area is 124 Å². The number of nitrogens with zero attached hydrogens (tertiary/aromatic N) is 1. The number of hydrogen-bond donors (Lipinski definition) is 1. The zero-order valence-electron chi connectivity index (χ0n) is 13.2. The van der Waals surface area contributed by atoms with Crippen molar-refractivity contribution in [2.24, 2.45) is 11.8 Å². The predicted molar refractivity (Wildman–Crippen MR) is 74.0 cm³/mol. The SMILES string of the molecule is CC1(C)OC(C)(C)C(CN2CCC(C(F)(F)F)CC2)C1O. The Morgan fingerprint density at radius 2 is 1.62 bits per heavy atom. The Hall–Kier alpha value is -0.330. The molecule has 0 amide bonds. The fraction of sp³-hybridized carbons (Fsp3) is 1.00. The largest absolute Gasteiger partial charge is 0.391 e. The topological polar surface area (TPSA) is 32.7 Å². The Morgan fingerprint density at radius 1 is 1.10 bits per heavy atom. The maximum Gasteiger partial charge on any atom is 0.391 e. The van der Waals surface area contributed by atoms with Crippen LogP contribution in [0, 0.1) is 11.8 Å². The Bertz CT molecular complexity index is 374. The van der Waals surface area contributed by atoms with E-state index in [1.165, 1.54) is 0 Å². The minimum atomic E-state index is -4.08. The third kappa shape index (κ3) is 3.54. The van der Waals surface area contributed by atoms with Gasteiger partial charge in [-0.15, -0.1) is 0 Å². The average molecular weight is 309 g/mol. The molecule has 2 unspecified atom stereocenters. The van der Waals surface area contributed by atoms with E-state index in [-0.39, 0.29) is 18.8 Å². The highest BCUT2D eigenvalue weighted by Crippen LogP contribution is 2.43. The van der Waals surface area contributed by atoms with Crippen LogP contribution in [-0.4, -0.2) is 53.1 Å². The van der Waals surface area contributed by atoms with Gasteiger partial charge in [-0.1, -0.05) is 0 Å². The van der Waals surface area contributed by atoms with Crippen LogP contribution in [0.1, 0.15) is 40.5 Å². The van der Waals surface area contributed by atoms with Crippen LogP contribution in [0.3, 0.4) is 0 Å². The monoisotopic (exact) mass is 309 g/mol.